The number of hydrogen-bond donors (Lipinski definition) is 7. The number of carbonyl (C=O) groups excluding carboxylic acids is 2. The smallest absolute Gasteiger partial charge is 0.270 e. The number of fused-ring (bicyclic) bond motifs is 1. The number of pyridine rings is 1. The second-order valence-corrected chi connectivity index (χ2v) is 11.8. The molecular formula is C28H35N9O5. The molecule has 2 aromatic rings. The van der Waals surface area contributed by atoms with Crippen LogP contribution in [0.1, 0.15) is 52.2 Å². The summed E-state index contributed by atoms with van der Waals surface area (Å²) in [6.45, 7) is 6.27. The highest BCUT2D eigenvalue weighted by Crippen LogP contribution is 2.45. The number of nitrogens with zero attached hydrogens (tertiary/aromatic N) is 4. The van der Waals surface area contributed by atoms with Crippen LogP contribution in [0, 0.1) is 6.92 Å². The fraction of sp³-hybridized carbons (Fsp3) is 0.464. The van der Waals surface area contributed by atoms with Gasteiger partial charge in [0.1, 0.15) is 23.5 Å². The Labute approximate surface area is 242 Å². The highest BCUT2D eigenvalue weighted by Gasteiger charge is 2.73. The largest absolute Gasteiger partial charge is 0.492 e. The fourth-order valence-electron chi connectivity index (χ4n) is 6.44. The molecule has 0 aliphatic carbocycles. The minimum atomic E-state index is -2.62. The van der Waals surface area contributed by atoms with E-state index in [1.165, 1.54) is 11.1 Å². The van der Waals surface area contributed by atoms with Crippen molar-refractivity contribution in [1.29, 1.82) is 0 Å². The number of nitrogens with one attached hydrogen (secondary N) is 3. The molecule has 42 heavy (non-hydrogen) atoms. The normalized spacial score (nSPS) is 28.2. The molecule has 14 nitrogen and oxygen atoms in total. The highest BCUT2D eigenvalue weighted by atomic mass is 16.5. The van der Waals surface area contributed by atoms with Crippen LogP contribution in [0.5, 0.6) is 5.75 Å². The Hall–Kier alpha value is -4.43. The number of aromatic nitrogens is 1. The number of aryl methyl sites for hydroxylation is 1. The molecular weight excluding hydrogens is 542 g/mol. The third kappa shape index (κ3) is 4.04. The van der Waals surface area contributed by atoms with E-state index in [1.54, 1.807) is 31.2 Å². The number of hydrogen-bond acceptors (Lipinski definition) is 12. The van der Waals surface area contributed by atoms with Crippen LogP contribution in [-0.2, 0) is 5.41 Å². The molecule has 4 aliphatic heterocycles. The van der Waals surface area contributed by atoms with Gasteiger partial charge in [0.05, 0.1) is 18.2 Å². The third-order valence-electron chi connectivity index (χ3n) is 8.77. The zero-order chi connectivity index (χ0) is 30.0. The average molecular weight is 578 g/mol. The standard InChI is InChI=1S/C28H35N9O5/c1-14-6-5-10-31-19(14)23(39)32-12-17-21-27(36-24(29)35-21)28(40,41)18(13-37(27)25(30)33-17)34-22(38)15-7-4-8-16-20(15)42-11-9-26(16,2)3/h4-8,10,17-18,21,40-41H,9,11-13H2,1-3H3,(H2,30,33)(H,32,39)(H,34,38)(H3,29,35,36)/t17-,18?,21-,27-/m0/s1. The maximum Gasteiger partial charge on any atom is 0.270 e. The molecule has 4 atom stereocenters. The van der Waals surface area contributed by atoms with Gasteiger partial charge in [-0.25, -0.2) is 9.98 Å². The predicted octanol–water partition coefficient (Wildman–Crippen LogP) is -1.35. The van der Waals surface area contributed by atoms with Crippen molar-refractivity contribution < 1.29 is 24.5 Å². The van der Waals surface area contributed by atoms with E-state index in [0.29, 0.717) is 17.9 Å². The number of aliphatic hydroxyl groups is 2. The van der Waals surface area contributed by atoms with Crippen LogP contribution in [0.2, 0.25) is 0 Å². The number of para-hydroxylation sites is 1. The van der Waals surface area contributed by atoms with Gasteiger partial charge < -0.3 is 47.3 Å². The van der Waals surface area contributed by atoms with Gasteiger partial charge in [0.2, 0.25) is 5.79 Å². The summed E-state index contributed by atoms with van der Waals surface area (Å²) in [6, 6.07) is 5.85. The van der Waals surface area contributed by atoms with Gasteiger partial charge >= 0.3 is 0 Å². The minimum Gasteiger partial charge on any atom is -0.492 e. The molecule has 1 spiro atoms. The van der Waals surface area contributed by atoms with Gasteiger partial charge in [-0.3, -0.25) is 14.6 Å². The van der Waals surface area contributed by atoms with E-state index in [1.807, 2.05) is 6.07 Å². The van der Waals surface area contributed by atoms with E-state index in [2.05, 4.69) is 44.8 Å². The second-order valence-electron chi connectivity index (χ2n) is 11.8. The van der Waals surface area contributed by atoms with Crippen molar-refractivity contribution in [2.75, 3.05) is 19.7 Å². The number of aliphatic imine (C=N–C) groups is 2. The van der Waals surface area contributed by atoms with Crippen LogP contribution >= 0.6 is 0 Å². The van der Waals surface area contributed by atoms with E-state index in [9.17, 15) is 19.8 Å². The van der Waals surface area contributed by atoms with Crippen LogP contribution in [-0.4, -0.2) is 93.1 Å². The second kappa shape index (κ2) is 9.56. The van der Waals surface area contributed by atoms with E-state index in [4.69, 9.17) is 16.2 Å². The number of ether oxygens (including phenoxy) is 1. The topological polar surface area (TPSA) is 213 Å². The Kier molecular flexibility index (Phi) is 6.31. The Balaban J connectivity index is 1.27. The van der Waals surface area contributed by atoms with E-state index >= 15 is 0 Å². The lowest BCUT2D eigenvalue weighted by Crippen LogP contribution is -2.78. The number of guanidine groups is 2. The Morgan fingerprint density at radius 3 is 2.71 bits per heavy atom. The molecule has 0 saturated carbocycles. The first kappa shape index (κ1) is 27.7. The van der Waals surface area contributed by atoms with Crippen molar-refractivity contribution in [1.82, 2.24) is 25.8 Å². The monoisotopic (exact) mass is 577 g/mol. The first-order chi connectivity index (χ1) is 19.9. The van der Waals surface area contributed by atoms with Crippen LogP contribution in [0.15, 0.2) is 46.5 Å². The van der Waals surface area contributed by atoms with Crippen LogP contribution in [0.3, 0.4) is 0 Å². The van der Waals surface area contributed by atoms with Gasteiger partial charge in [0, 0.05) is 24.8 Å². The average Bonchev–Trinajstić information content (AvgIpc) is 3.41. The molecule has 4 aliphatic rings. The lowest BCUT2D eigenvalue weighted by Gasteiger charge is -2.49. The Morgan fingerprint density at radius 2 is 1.95 bits per heavy atom. The first-order valence-electron chi connectivity index (χ1n) is 13.8. The summed E-state index contributed by atoms with van der Waals surface area (Å²) in [5, 5.41) is 32.0. The molecule has 2 amide bonds. The van der Waals surface area contributed by atoms with E-state index in [0.717, 1.165) is 12.0 Å². The van der Waals surface area contributed by atoms with Crippen molar-refractivity contribution in [2.24, 2.45) is 21.5 Å². The van der Waals surface area contributed by atoms with Gasteiger partial charge in [-0.15, -0.1) is 0 Å². The SMILES string of the molecule is Cc1cccnc1C(=O)NC[C@@H]1N=C(N)N2CC(NC(=O)c3cccc4c3OCCC4(C)C)C(O)(O)[C@@]23NC(N)=N[C@@H]13. The molecule has 1 fully saturated rings. The molecule has 6 rings (SSSR count). The molecule has 5 heterocycles. The molecule has 14 heteroatoms. The van der Waals surface area contributed by atoms with E-state index < -0.39 is 41.4 Å². The number of benzene rings is 1. The molecule has 1 aromatic heterocycles. The van der Waals surface area contributed by atoms with Crippen LogP contribution < -0.4 is 32.2 Å². The highest BCUT2D eigenvalue weighted by molar-refractivity contribution is 5.98. The van der Waals surface area contributed by atoms with Crippen LogP contribution in [0.25, 0.3) is 0 Å². The summed E-state index contributed by atoms with van der Waals surface area (Å²) in [5.74, 6) is -3.18. The van der Waals surface area contributed by atoms with E-state index in [-0.39, 0.29) is 41.7 Å². The molecule has 222 valence electrons. The summed E-state index contributed by atoms with van der Waals surface area (Å²) < 4.78 is 5.90. The quantitative estimate of drug-likeness (QED) is 0.208. The van der Waals surface area contributed by atoms with Gasteiger partial charge in [0.25, 0.3) is 11.8 Å². The molecule has 0 radical (unpaired) electrons. The summed E-state index contributed by atoms with van der Waals surface area (Å²) in [6.07, 6.45) is 2.33. The summed E-state index contributed by atoms with van der Waals surface area (Å²) >= 11 is 0. The molecule has 1 aromatic carbocycles. The van der Waals surface area contributed by atoms with Crippen molar-refractivity contribution in [3.63, 3.8) is 0 Å². The maximum atomic E-state index is 13.6. The van der Waals surface area contributed by atoms with Gasteiger partial charge in [-0.1, -0.05) is 32.0 Å². The van der Waals surface area contributed by atoms with Gasteiger partial charge in [0.15, 0.2) is 17.6 Å². The zero-order valence-corrected chi connectivity index (χ0v) is 23.6. The first-order valence-corrected chi connectivity index (χ1v) is 13.8. The van der Waals surface area contributed by atoms with Gasteiger partial charge in [-0.05, 0) is 36.5 Å². The van der Waals surface area contributed by atoms with Crippen molar-refractivity contribution >= 4 is 23.7 Å². The molecule has 0 bridgehead atoms. The fourth-order valence-corrected chi connectivity index (χ4v) is 6.44. The van der Waals surface area contributed by atoms with Gasteiger partial charge in [-0.2, -0.15) is 0 Å². The molecule has 9 N–H and O–H groups in total. The third-order valence-corrected chi connectivity index (χ3v) is 8.77. The van der Waals surface area contributed by atoms with Crippen molar-refractivity contribution in [3.05, 3.63) is 58.9 Å². The lowest BCUT2D eigenvalue weighted by atomic mass is 9.79. The van der Waals surface area contributed by atoms with Crippen molar-refractivity contribution in [2.45, 2.75) is 62.2 Å². The van der Waals surface area contributed by atoms with Crippen molar-refractivity contribution in [3.8, 4) is 5.75 Å². The summed E-state index contributed by atoms with van der Waals surface area (Å²) in [4.78, 5) is 41.0. The van der Waals surface area contributed by atoms with Crippen LogP contribution in [0.4, 0.5) is 0 Å². The summed E-state index contributed by atoms with van der Waals surface area (Å²) in [7, 11) is 0. The number of amides is 2. The lowest BCUT2D eigenvalue weighted by molar-refractivity contribution is -0.230. The minimum absolute atomic E-state index is 0.0247. The molecule has 1 unspecified atom stereocenters. The number of nitrogens with two attached hydrogens (primary N) is 2. The summed E-state index contributed by atoms with van der Waals surface area (Å²) in [5.41, 5.74) is 12.6. The Morgan fingerprint density at radius 1 is 1.17 bits per heavy atom. The molecule has 1 saturated heterocycles. The maximum absolute atomic E-state index is 13.6. The Bertz CT molecular complexity index is 1520. The number of rotatable bonds is 5. The predicted molar refractivity (Wildman–Crippen MR) is 153 cm³/mol. The number of carbonyl (C=O) groups is 2. The zero-order valence-electron chi connectivity index (χ0n) is 23.6.